The van der Waals surface area contributed by atoms with Crippen molar-refractivity contribution >= 4 is 20.6 Å². The number of nitrogens with one attached hydrogen (secondary N) is 1. The summed E-state index contributed by atoms with van der Waals surface area (Å²) in [5.41, 5.74) is 0.767. The van der Waals surface area contributed by atoms with Crippen molar-refractivity contribution in [2.45, 2.75) is 18.6 Å². The maximum atomic E-state index is 12.7. The molecule has 1 unspecified atom stereocenters. The van der Waals surface area contributed by atoms with Crippen molar-refractivity contribution in [1.82, 2.24) is 20.2 Å². The molecule has 29 heavy (non-hydrogen) atoms. The first-order chi connectivity index (χ1) is 13.6. The SMILES string of the molecule is FC(F)(P)OCCn1nnc(-c2ccccc2Nc2ccc(C(F)(F)F)cc2)n1. The van der Waals surface area contributed by atoms with Crippen molar-refractivity contribution in [3.8, 4) is 11.4 Å². The molecule has 0 bridgehead atoms. The molecule has 2 aromatic carbocycles. The molecule has 0 aliphatic carbocycles. The molecule has 0 saturated heterocycles. The molecule has 0 aliphatic heterocycles. The number of anilines is 2. The van der Waals surface area contributed by atoms with Gasteiger partial charge in [-0.05, 0) is 50.9 Å². The second-order valence-corrected chi connectivity index (χ2v) is 6.54. The molecule has 6 nitrogen and oxygen atoms in total. The molecule has 12 heteroatoms. The van der Waals surface area contributed by atoms with E-state index in [1.54, 1.807) is 24.3 Å². The van der Waals surface area contributed by atoms with Crippen LogP contribution >= 0.6 is 9.24 Å². The zero-order valence-corrected chi connectivity index (χ0v) is 15.9. The summed E-state index contributed by atoms with van der Waals surface area (Å²) < 4.78 is 67.7. The lowest BCUT2D eigenvalue weighted by atomic mass is 10.1. The van der Waals surface area contributed by atoms with Crippen LogP contribution in [0.1, 0.15) is 5.56 Å². The summed E-state index contributed by atoms with van der Waals surface area (Å²) in [6, 6.07) is 11.4. The Kier molecular flexibility index (Phi) is 6.09. The van der Waals surface area contributed by atoms with Crippen molar-refractivity contribution < 1.29 is 26.7 Å². The number of tetrazole rings is 1. The number of hydrogen-bond donors (Lipinski definition) is 1. The summed E-state index contributed by atoms with van der Waals surface area (Å²) in [7, 11) is 1.27. The van der Waals surface area contributed by atoms with Crippen molar-refractivity contribution in [3.63, 3.8) is 0 Å². The Morgan fingerprint density at radius 2 is 1.69 bits per heavy atom. The van der Waals surface area contributed by atoms with Gasteiger partial charge in [-0.3, -0.25) is 0 Å². The normalized spacial score (nSPS) is 12.2. The van der Waals surface area contributed by atoms with Gasteiger partial charge in [-0.25, -0.2) is 0 Å². The summed E-state index contributed by atoms with van der Waals surface area (Å²) in [5, 5.41) is 14.8. The van der Waals surface area contributed by atoms with Crippen LogP contribution in [0.15, 0.2) is 48.5 Å². The largest absolute Gasteiger partial charge is 0.416 e. The van der Waals surface area contributed by atoms with Crippen LogP contribution in [-0.4, -0.2) is 32.7 Å². The van der Waals surface area contributed by atoms with E-state index in [1.165, 1.54) is 21.4 Å². The third kappa shape index (κ3) is 5.91. The fourth-order valence-corrected chi connectivity index (χ4v) is 2.51. The molecule has 0 saturated carbocycles. The first-order valence-corrected chi connectivity index (χ1v) is 8.82. The fraction of sp³-hybridized carbons (Fsp3) is 0.235. The number of benzene rings is 2. The molecule has 1 N–H and O–H groups in total. The van der Waals surface area contributed by atoms with E-state index in [4.69, 9.17) is 0 Å². The molecule has 0 amide bonds. The van der Waals surface area contributed by atoms with Crippen LogP contribution in [0.4, 0.5) is 33.3 Å². The van der Waals surface area contributed by atoms with Gasteiger partial charge in [0.1, 0.15) is 0 Å². The number of hydrogen-bond acceptors (Lipinski definition) is 5. The Balaban J connectivity index is 1.74. The smallest absolute Gasteiger partial charge is 0.355 e. The first-order valence-electron chi connectivity index (χ1n) is 8.24. The third-order valence-corrected chi connectivity index (χ3v) is 3.86. The van der Waals surface area contributed by atoms with E-state index in [-0.39, 0.29) is 19.0 Å². The van der Waals surface area contributed by atoms with Gasteiger partial charge in [0.25, 0.3) is 0 Å². The second-order valence-electron chi connectivity index (χ2n) is 5.86. The number of aromatic nitrogens is 4. The number of ether oxygens (including phenoxy) is 1. The van der Waals surface area contributed by atoms with Gasteiger partial charge in [0, 0.05) is 16.9 Å². The van der Waals surface area contributed by atoms with Gasteiger partial charge in [-0.1, -0.05) is 12.1 Å². The second kappa shape index (κ2) is 8.38. The van der Waals surface area contributed by atoms with E-state index < -0.39 is 17.6 Å². The van der Waals surface area contributed by atoms with E-state index in [0.29, 0.717) is 16.9 Å². The van der Waals surface area contributed by atoms with E-state index in [2.05, 4.69) is 25.5 Å². The molecule has 1 heterocycles. The van der Waals surface area contributed by atoms with E-state index >= 15 is 0 Å². The molecular formula is C17H15F5N5OP. The van der Waals surface area contributed by atoms with E-state index in [1.807, 2.05) is 0 Å². The van der Waals surface area contributed by atoms with Gasteiger partial charge in [0.15, 0.2) is 0 Å². The molecule has 0 fully saturated rings. The molecule has 0 radical (unpaired) electrons. The van der Waals surface area contributed by atoms with Crippen LogP contribution in [0, 0.1) is 0 Å². The van der Waals surface area contributed by atoms with Crippen molar-refractivity contribution in [1.29, 1.82) is 0 Å². The van der Waals surface area contributed by atoms with Gasteiger partial charge in [0.05, 0.1) is 18.7 Å². The lowest BCUT2D eigenvalue weighted by Crippen LogP contribution is -2.17. The van der Waals surface area contributed by atoms with E-state index in [0.717, 1.165) is 16.9 Å². The highest BCUT2D eigenvalue weighted by atomic mass is 31.0. The van der Waals surface area contributed by atoms with Gasteiger partial charge in [-0.15, -0.1) is 10.2 Å². The average molecular weight is 431 g/mol. The van der Waals surface area contributed by atoms with Crippen LogP contribution in [-0.2, 0) is 17.5 Å². The first kappa shape index (κ1) is 21.1. The quantitative estimate of drug-likeness (QED) is 0.440. The Bertz CT molecular complexity index is 956. The molecule has 3 aromatic rings. The molecule has 1 atom stereocenters. The van der Waals surface area contributed by atoms with Gasteiger partial charge < -0.3 is 10.1 Å². The minimum absolute atomic E-state index is 0.0362. The van der Waals surface area contributed by atoms with Crippen LogP contribution in [0.5, 0.6) is 0 Å². The Hall–Kier alpha value is -2.65. The Morgan fingerprint density at radius 3 is 2.34 bits per heavy atom. The van der Waals surface area contributed by atoms with Crippen LogP contribution in [0.25, 0.3) is 11.4 Å². The molecule has 0 aliphatic rings. The van der Waals surface area contributed by atoms with Crippen LogP contribution in [0.3, 0.4) is 0 Å². The zero-order valence-electron chi connectivity index (χ0n) is 14.7. The molecule has 154 valence electrons. The number of nitrogens with zero attached hydrogens (tertiary/aromatic N) is 4. The molecule has 0 spiro atoms. The highest BCUT2D eigenvalue weighted by Crippen LogP contribution is 2.32. The number of rotatable bonds is 7. The lowest BCUT2D eigenvalue weighted by Gasteiger charge is -2.11. The number of para-hydroxylation sites is 1. The minimum Gasteiger partial charge on any atom is -0.355 e. The predicted molar refractivity (Wildman–Crippen MR) is 98.6 cm³/mol. The summed E-state index contributed by atoms with van der Waals surface area (Å²) in [6.45, 7) is -0.358. The predicted octanol–water partition coefficient (Wildman–Crippen LogP) is 4.54. The maximum Gasteiger partial charge on any atom is 0.416 e. The van der Waals surface area contributed by atoms with Crippen molar-refractivity contribution in [2.24, 2.45) is 0 Å². The molecular weight excluding hydrogens is 416 g/mol. The topological polar surface area (TPSA) is 64.9 Å². The van der Waals surface area contributed by atoms with Crippen LogP contribution in [0.2, 0.25) is 0 Å². The minimum atomic E-state index is -4.41. The third-order valence-electron chi connectivity index (χ3n) is 3.70. The summed E-state index contributed by atoms with van der Waals surface area (Å²) in [5.74, 6) is -3.11. The lowest BCUT2D eigenvalue weighted by molar-refractivity contribution is -0.165. The van der Waals surface area contributed by atoms with Gasteiger partial charge in [0.2, 0.25) is 5.82 Å². The standard InChI is InChI=1S/C17H15F5N5OP/c18-16(19,20)11-5-7-12(8-6-11)23-14-4-2-1-3-13(14)15-24-26-27(25-15)9-10-28-17(21,22)29/h1-8,23H,9-10,29H2. The zero-order chi connectivity index (χ0) is 21.1. The Morgan fingerprint density at radius 1 is 1.00 bits per heavy atom. The Labute approximate surface area is 164 Å². The summed E-state index contributed by atoms with van der Waals surface area (Å²) >= 11 is 0. The van der Waals surface area contributed by atoms with Gasteiger partial charge in [-0.2, -0.15) is 26.7 Å². The average Bonchev–Trinajstić information content (AvgIpc) is 3.09. The van der Waals surface area contributed by atoms with Gasteiger partial charge >= 0.3 is 12.0 Å². The summed E-state index contributed by atoms with van der Waals surface area (Å²) in [6.07, 6.45) is -4.41. The number of alkyl halides is 5. The fourth-order valence-electron chi connectivity index (χ4n) is 2.39. The molecule has 3 rings (SSSR count). The molecule has 1 aromatic heterocycles. The highest BCUT2D eigenvalue weighted by molar-refractivity contribution is 7.17. The van der Waals surface area contributed by atoms with Crippen LogP contribution < -0.4 is 5.32 Å². The monoisotopic (exact) mass is 431 g/mol. The summed E-state index contributed by atoms with van der Waals surface area (Å²) in [4.78, 5) is 1.11. The number of halogens is 5. The van der Waals surface area contributed by atoms with Crippen molar-refractivity contribution in [2.75, 3.05) is 11.9 Å². The highest BCUT2D eigenvalue weighted by Gasteiger charge is 2.30. The van der Waals surface area contributed by atoms with Crippen molar-refractivity contribution in [3.05, 3.63) is 54.1 Å². The van der Waals surface area contributed by atoms with E-state index in [9.17, 15) is 22.0 Å². The maximum absolute atomic E-state index is 12.7.